The summed E-state index contributed by atoms with van der Waals surface area (Å²) in [6.45, 7) is 5.63. The first-order valence-electron chi connectivity index (χ1n) is 10.5. The van der Waals surface area contributed by atoms with Crippen LogP contribution >= 0.6 is 0 Å². The molecule has 1 aliphatic rings. The van der Waals surface area contributed by atoms with E-state index in [0.29, 0.717) is 23.2 Å². The monoisotopic (exact) mass is 421 g/mol. The van der Waals surface area contributed by atoms with Crippen LogP contribution in [0.4, 0.5) is 5.82 Å². The molecule has 1 aliphatic heterocycles. The van der Waals surface area contributed by atoms with Gasteiger partial charge in [0.15, 0.2) is 0 Å². The zero-order chi connectivity index (χ0) is 22.2. The lowest BCUT2D eigenvalue weighted by Gasteiger charge is -2.22. The van der Waals surface area contributed by atoms with Crippen molar-refractivity contribution in [1.82, 2.24) is 15.3 Å². The predicted molar refractivity (Wildman–Crippen MR) is 126 cm³/mol. The summed E-state index contributed by atoms with van der Waals surface area (Å²) in [5.41, 5.74) is 15.8. The lowest BCUT2D eigenvalue weighted by molar-refractivity contribution is 0.0812. The second-order valence-corrected chi connectivity index (χ2v) is 7.80. The number of aromatic nitrogens is 2. The van der Waals surface area contributed by atoms with Crippen molar-refractivity contribution in [1.29, 1.82) is 5.41 Å². The predicted octanol–water partition coefficient (Wildman–Crippen LogP) is 3.10. The van der Waals surface area contributed by atoms with Gasteiger partial charge in [0.25, 0.3) is 0 Å². The summed E-state index contributed by atoms with van der Waals surface area (Å²) in [6, 6.07) is 6.00. The molecule has 0 amide bonds. The van der Waals surface area contributed by atoms with Gasteiger partial charge >= 0.3 is 0 Å². The molecule has 0 aromatic carbocycles. The number of pyridine rings is 2. The molecule has 0 aliphatic carbocycles. The fraction of sp³-hybridized carbons (Fsp3) is 0.348. The Hall–Kier alpha value is -3.39. The summed E-state index contributed by atoms with van der Waals surface area (Å²) >= 11 is 0. The molecule has 1 saturated heterocycles. The van der Waals surface area contributed by atoms with Gasteiger partial charge in [-0.05, 0) is 54.8 Å². The fourth-order valence-corrected chi connectivity index (χ4v) is 3.29. The van der Waals surface area contributed by atoms with Gasteiger partial charge in [0, 0.05) is 49.0 Å². The number of ether oxygens (including phenoxy) is 1. The number of allylic oxidation sites excluding steroid dienone is 3. The van der Waals surface area contributed by atoms with Crippen molar-refractivity contribution in [2.24, 2.45) is 17.4 Å². The number of nitrogens with two attached hydrogens (primary N) is 2. The van der Waals surface area contributed by atoms with Gasteiger partial charge in [-0.3, -0.25) is 4.98 Å². The number of hydrogen-bond acceptors (Lipinski definition) is 8. The van der Waals surface area contributed by atoms with Crippen LogP contribution < -0.4 is 22.1 Å². The Labute approximate surface area is 183 Å². The third kappa shape index (κ3) is 6.05. The molecule has 2 aromatic heterocycles. The van der Waals surface area contributed by atoms with Crippen LogP contribution in [0.5, 0.6) is 0 Å². The first-order chi connectivity index (χ1) is 15.0. The minimum absolute atomic E-state index is 0.266. The van der Waals surface area contributed by atoms with Crippen LogP contribution in [-0.2, 0) is 4.74 Å². The maximum atomic E-state index is 7.82. The molecule has 0 unspecified atom stereocenters. The molecule has 31 heavy (non-hydrogen) atoms. The number of anilines is 1. The topological polar surface area (TPSA) is 135 Å². The Kier molecular flexibility index (Phi) is 7.61. The molecule has 7 N–H and O–H groups in total. The third-order valence-corrected chi connectivity index (χ3v) is 5.18. The van der Waals surface area contributed by atoms with Crippen molar-refractivity contribution in [3.8, 4) is 0 Å². The normalized spacial score (nSPS) is 16.5. The van der Waals surface area contributed by atoms with Crippen molar-refractivity contribution in [3.05, 3.63) is 59.8 Å². The third-order valence-electron chi connectivity index (χ3n) is 5.18. The van der Waals surface area contributed by atoms with Crippen LogP contribution in [0.2, 0.25) is 0 Å². The summed E-state index contributed by atoms with van der Waals surface area (Å²) in [6.07, 6.45) is 10.2. The SMILES string of the molecule is CC(C)C(=C/N)/C=C(\N)Nc1ccc2ncc(/C(C=N)=C/NC3CCOCC3)cc2n1. The Morgan fingerprint density at radius 3 is 2.71 bits per heavy atom. The molecule has 1 fully saturated rings. The van der Waals surface area contributed by atoms with Crippen LogP contribution in [0, 0.1) is 11.3 Å². The largest absolute Gasteiger partial charge is 0.404 e. The van der Waals surface area contributed by atoms with Crippen molar-refractivity contribution < 1.29 is 4.74 Å². The van der Waals surface area contributed by atoms with Gasteiger partial charge in [0.05, 0.1) is 11.0 Å². The summed E-state index contributed by atoms with van der Waals surface area (Å²) in [5.74, 6) is 1.34. The lowest BCUT2D eigenvalue weighted by Crippen LogP contribution is -2.31. The van der Waals surface area contributed by atoms with Crippen LogP contribution in [0.1, 0.15) is 32.3 Å². The summed E-state index contributed by atoms with van der Waals surface area (Å²) in [7, 11) is 0. The molecule has 0 atom stereocenters. The summed E-state index contributed by atoms with van der Waals surface area (Å²) in [4.78, 5) is 9.13. The number of nitrogens with zero attached hydrogens (tertiary/aromatic N) is 2. The molecule has 0 radical (unpaired) electrons. The standard InChI is InChI=1S/C23H31N7O/c1-15(2)16(11-24)10-22(26)30-23-4-3-20-21(29-23)9-17(13-28-20)18(12-25)14-27-19-5-7-31-8-6-19/h3-4,9-15,19,25,27H,5-8,24,26H2,1-2H3,(H,29,30)/b16-11+,18-14+,22-10+,25-12?. The molecule has 8 heteroatoms. The van der Waals surface area contributed by atoms with Crippen LogP contribution in [0.3, 0.4) is 0 Å². The highest BCUT2D eigenvalue weighted by Gasteiger charge is 2.12. The fourth-order valence-electron chi connectivity index (χ4n) is 3.29. The highest BCUT2D eigenvalue weighted by molar-refractivity contribution is 6.08. The molecule has 8 nitrogen and oxygen atoms in total. The van der Waals surface area contributed by atoms with E-state index in [1.54, 1.807) is 12.4 Å². The Balaban J connectivity index is 1.80. The van der Waals surface area contributed by atoms with Gasteiger partial charge in [0.2, 0.25) is 0 Å². The van der Waals surface area contributed by atoms with Gasteiger partial charge in [-0.25, -0.2) is 4.98 Å². The second-order valence-electron chi connectivity index (χ2n) is 7.80. The maximum absolute atomic E-state index is 7.82. The summed E-state index contributed by atoms with van der Waals surface area (Å²) in [5, 5.41) is 14.3. The number of rotatable bonds is 8. The van der Waals surface area contributed by atoms with E-state index in [1.165, 1.54) is 6.21 Å². The Morgan fingerprint density at radius 2 is 2.03 bits per heavy atom. The zero-order valence-corrected chi connectivity index (χ0v) is 18.1. The van der Waals surface area contributed by atoms with E-state index < -0.39 is 0 Å². The molecule has 0 saturated carbocycles. The van der Waals surface area contributed by atoms with E-state index in [1.807, 2.05) is 30.5 Å². The van der Waals surface area contributed by atoms with Crippen LogP contribution in [0.15, 0.2) is 54.3 Å². The molecule has 0 bridgehead atoms. The van der Waals surface area contributed by atoms with E-state index in [0.717, 1.165) is 48.3 Å². The van der Waals surface area contributed by atoms with E-state index in [4.69, 9.17) is 21.6 Å². The lowest BCUT2D eigenvalue weighted by atomic mass is 10.0. The molecular weight excluding hydrogens is 390 g/mol. The second kappa shape index (κ2) is 10.6. The van der Waals surface area contributed by atoms with E-state index in [2.05, 4.69) is 34.4 Å². The minimum Gasteiger partial charge on any atom is -0.404 e. The molecule has 164 valence electrons. The van der Waals surface area contributed by atoms with E-state index in [-0.39, 0.29) is 5.92 Å². The Bertz CT molecular complexity index is 1000. The van der Waals surface area contributed by atoms with Crippen LogP contribution in [0.25, 0.3) is 16.6 Å². The molecule has 3 rings (SSSR count). The zero-order valence-electron chi connectivity index (χ0n) is 18.1. The van der Waals surface area contributed by atoms with Gasteiger partial charge in [-0.15, -0.1) is 0 Å². The quantitative estimate of drug-likeness (QED) is 0.326. The van der Waals surface area contributed by atoms with Gasteiger partial charge in [-0.1, -0.05) is 13.8 Å². The van der Waals surface area contributed by atoms with Gasteiger partial charge in [-0.2, -0.15) is 0 Å². The Morgan fingerprint density at radius 1 is 1.26 bits per heavy atom. The molecule has 0 spiro atoms. The van der Waals surface area contributed by atoms with Gasteiger partial charge in [0.1, 0.15) is 11.6 Å². The number of fused-ring (bicyclic) bond motifs is 1. The number of nitrogens with one attached hydrogen (secondary N) is 3. The van der Waals surface area contributed by atoms with Crippen molar-refractivity contribution in [2.75, 3.05) is 18.5 Å². The highest BCUT2D eigenvalue weighted by Crippen LogP contribution is 2.20. The number of hydrogen-bond donors (Lipinski definition) is 5. The van der Waals surface area contributed by atoms with E-state index >= 15 is 0 Å². The van der Waals surface area contributed by atoms with E-state index in [9.17, 15) is 0 Å². The highest BCUT2D eigenvalue weighted by atomic mass is 16.5. The first kappa shape index (κ1) is 22.3. The maximum Gasteiger partial charge on any atom is 0.132 e. The minimum atomic E-state index is 0.266. The van der Waals surface area contributed by atoms with Gasteiger partial charge < -0.3 is 32.2 Å². The molecule has 3 heterocycles. The smallest absolute Gasteiger partial charge is 0.132 e. The average molecular weight is 422 g/mol. The first-order valence-corrected chi connectivity index (χ1v) is 10.5. The van der Waals surface area contributed by atoms with Crippen molar-refractivity contribution in [2.45, 2.75) is 32.7 Å². The average Bonchev–Trinajstić information content (AvgIpc) is 2.78. The van der Waals surface area contributed by atoms with Crippen molar-refractivity contribution >= 4 is 28.6 Å². The molecular formula is C23H31N7O. The molecule has 2 aromatic rings. The van der Waals surface area contributed by atoms with Crippen LogP contribution in [-0.4, -0.2) is 35.4 Å². The van der Waals surface area contributed by atoms with Crippen molar-refractivity contribution in [3.63, 3.8) is 0 Å². The summed E-state index contributed by atoms with van der Waals surface area (Å²) < 4.78 is 5.39.